The lowest BCUT2D eigenvalue weighted by atomic mass is 10.0. The van der Waals surface area contributed by atoms with Crippen LogP contribution in [0, 0.1) is 5.82 Å². The van der Waals surface area contributed by atoms with Crippen molar-refractivity contribution in [2.75, 3.05) is 0 Å². The Morgan fingerprint density at radius 1 is 1.44 bits per heavy atom. The van der Waals surface area contributed by atoms with E-state index in [0.29, 0.717) is 12.0 Å². The minimum absolute atomic E-state index is 0.394. The summed E-state index contributed by atoms with van der Waals surface area (Å²) < 4.78 is 52.7. The molecule has 1 atom stereocenters. The predicted molar refractivity (Wildman–Crippen MR) is 59.4 cm³/mol. The number of hydrogen-bond donors (Lipinski definition) is 1. The number of benzene rings is 1. The average Bonchev–Trinajstić information content (AvgIpc) is 2.18. The van der Waals surface area contributed by atoms with E-state index < -0.39 is 24.0 Å². The van der Waals surface area contributed by atoms with E-state index >= 15 is 0 Å². The van der Waals surface area contributed by atoms with Crippen molar-refractivity contribution in [1.29, 1.82) is 0 Å². The van der Waals surface area contributed by atoms with Gasteiger partial charge in [0, 0.05) is 6.04 Å². The Balaban J connectivity index is 2.88. The second-order valence-corrected chi connectivity index (χ2v) is 4.01. The van der Waals surface area contributed by atoms with Gasteiger partial charge in [0.2, 0.25) is 0 Å². The van der Waals surface area contributed by atoms with Gasteiger partial charge in [-0.2, -0.15) is 0 Å². The highest BCUT2D eigenvalue weighted by atomic mass is 19.4. The second-order valence-electron chi connectivity index (χ2n) is 4.01. The van der Waals surface area contributed by atoms with Crippen molar-refractivity contribution in [2.24, 2.45) is 5.73 Å². The molecule has 0 spiro atoms. The van der Waals surface area contributed by atoms with Crippen LogP contribution in [-0.4, -0.2) is 6.36 Å². The van der Waals surface area contributed by atoms with Crippen LogP contribution in [0.2, 0.25) is 0 Å². The van der Waals surface area contributed by atoms with Gasteiger partial charge < -0.3 is 10.5 Å². The van der Waals surface area contributed by atoms with E-state index in [4.69, 9.17) is 5.73 Å². The van der Waals surface area contributed by atoms with Crippen molar-refractivity contribution < 1.29 is 22.3 Å². The summed E-state index contributed by atoms with van der Waals surface area (Å²) in [6.45, 7) is 5.42. The van der Waals surface area contributed by atoms with Crippen LogP contribution in [0.1, 0.15) is 24.9 Å². The first kappa shape index (κ1) is 14.5. The largest absolute Gasteiger partial charge is 0.573 e. The minimum Gasteiger partial charge on any atom is -0.403 e. The number of ether oxygens (including phenoxy) is 1. The summed E-state index contributed by atoms with van der Waals surface area (Å²) in [5.74, 6) is -1.96. The molecule has 1 aromatic carbocycles. The average molecular weight is 263 g/mol. The van der Waals surface area contributed by atoms with Crippen LogP contribution in [0.3, 0.4) is 0 Å². The van der Waals surface area contributed by atoms with Gasteiger partial charge in [0.1, 0.15) is 0 Å². The van der Waals surface area contributed by atoms with Crippen molar-refractivity contribution in [3.63, 3.8) is 0 Å². The van der Waals surface area contributed by atoms with Gasteiger partial charge in [-0.25, -0.2) is 4.39 Å². The second kappa shape index (κ2) is 5.39. The van der Waals surface area contributed by atoms with Crippen LogP contribution in [0.5, 0.6) is 5.75 Å². The standard InChI is InChI=1S/C12H13F4NO/c1-7(2)5-10(17)8-3-4-11(9(13)6-8)18-12(14,15)16/h3-4,6,10H,1,5,17H2,2H3/t10-/m1/s1. The Kier molecular flexibility index (Phi) is 4.34. The molecule has 2 nitrogen and oxygen atoms in total. The van der Waals surface area contributed by atoms with Crippen molar-refractivity contribution >= 4 is 0 Å². The van der Waals surface area contributed by atoms with Gasteiger partial charge in [-0.15, -0.1) is 19.8 Å². The van der Waals surface area contributed by atoms with Crippen LogP contribution >= 0.6 is 0 Å². The van der Waals surface area contributed by atoms with Crippen LogP contribution in [0.4, 0.5) is 17.6 Å². The Morgan fingerprint density at radius 2 is 2.06 bits per heavy atom. The zero-order valence-corrected chi connectivity index (χ0v) is 9.72. The highest BCUT2D eigenvalue weighted by Gasteiger charge is 2.32. The van der Waals surface area contributed by atoms with Crippen molar-refractivity contribution in [2.45, 2.75) is 25.7 Å². The lowest BCUT2D eigenvalue weighted by Gasteiger charge is -2.14. The molecule has 0 aromatic heterocycles. The molecule has 0 radical (unpaired) electrons. The van der Waals surface area contributed by atoms with Crippen molar-refractivity contribution in [3.05, 3.63) is 41.7 Å². The summed E-state index contributed by atoms with van der Waals surface area (Å²) in [6, 6.07) is 2.65. The van der Waals surface area contributed by atoms with Gasteiger partial charge in [-0.05, 0) is 31.0 Å². The van der Waals surface area contributed by atoms with Gasteiger partial charge in [0.25, 0.3) is 0 Å². The molecule has 0 saturated heterocycles. The van der Waals surface area contributed by atoms with E-state index in [-0.39, 0.29) is 0 Å². The molecule has 1 rings (SSSR count). The van der Waals surface area contributed by atoms with Gasteiger partial charge in [0.15, 0.2) is 11.6 Å². The van der Waals surface area contributed by atoms with Gasteiger partial charge in [0.05, 0.1) is 0 Å². The quantitative estimate of drug-likeness (QED) is 0.664. The van der Waals surface area contributed by atoms with Gasteiger partial charge in [-0.1, -0.05) is 11.6 Å². The number of alkyl halides is 3. The first-order valence-electron chi connectivity index (χ1n) is 5.14. The third kappa shape index (κ3) is 4.37. The zero-order chi connectivity index (χ0) is 13.9. The summed E-state index contributed by atoms with van der Waals surface area (Å²) in [6.07, 6.45) is -4.49. The maximum absolute atomic E-state index is 13.4. The molecular formula is C12H13F4NO. The molecule has 0 aliphatic carbocycles. The maximum Gasteiger partial charge on any atom is 0.573 e. The SMILES string of the molecule is C=C(C)C[C@@H](N)c1ccc(OC(F)(F)F)c(F)c1. The van der Waals surface area contributed by atoms with E-state index in [0.717, 1.165) is 17.7 Å². The Morgan fingerprint density at radius 3 is 2.50 bits per heavy atom. The third-order valence-corrected chi connectivity index (χ3v) is 2.18. The number of hydrogen-bond acceptors (Lipinski definition) is 2. The first-order chi connectivity index (χ1) is 8.19. The molecule has 1 aromatic rings. The summed E-state index contributed by atoms with van der Waals surface area (Å²) in [5, 5.41) is 0. The molecule has 0 aliphatic heterocycles. The van der Waals surface area contributed by atoms with Gasteiger partial charge >= 0.3 is 6.36 Å². The highest BCUT2D eigenvalue weighted by Crippen LogP contribution is 2.28. The minimum atomic E-state index is -4.91. The summed E-state index contributed by atoms with van der Waals surface area (Å²) in [7, 11) is 0. The molecule has 0 aliphatic rings. The van der Waals surface area contributed by atoms with E-state index in [1.54, 1.807) is 6.92 Å². The number of nitrogens with two attached hydrogens (primary N) is 1. The number of rotatable bonds is 4. The van der Waals surface area contributed by atoms with Crippen molar-refractivity contribution in [1.82, 2.24) is 0 Å². The van der Waals surface area contributed by atoms with Crippen molar-refractivity contribution in [3.8, 4) is 5.75 Å². The monoisotopic (exact) mass is 263 g/mol. The summed E-state index contributed by atoms with van der Waals surface area (Å²) in [5.41, 5.74) is 6.95. The zero-order valence-electron chi connectivity index (χ0n) is 9.72. The molecule has 6 heteroatoms. The third-order valence-electron chi connectivity index (χ3n) is 2.18. The smallest absolute Gasteiger partial charge is 0.403 e. The Hall–Kier alpha value is -1.56. The molecule has 0 bridgehead atoms. The molecule has 18 heavy (non-hydrogen) atoms. The van der Waals surface area contributed by atoms with E-state index in [1.165, 1.54) is 6.07 Å². The summed E-state index contributed by atoms with van der Waals surface area (Å²) in [4.78, 5) is 0. The Labute approximate surface area is 102 Å². The maximum atomic E-state index is 13.4. The number of halogens is 4. The molecule has 0 fully saturated rings. The van der Waals surface area contributed by atoms with Crippen LogP contribution in [-0.2, 0) is 0 Å². The topological polar surface area (TPSA) is 35.2 Å². The van der Waals surface area contributed by atoms with Gasteiger partial charge in [-0.3, -0.25) is 0 Å². The van der Waals surface area contributed by atoms with E-state index in [1.807, 2.05) is 0 Å². The first-order valence-corrected chi connectivity index (χ1v) is 5.14. The fraction of sp³-hybridized carbons (Fsp3) is 0.333. The lowest BCUT2D eigenvalue weighted by molar-refractivity contribution is -0.275. The lowest BCUT2D eigenvalue weighted by Crippen LogP contribution is -2.18. The molecule has 0 unspecified atom stereocenters. The molecule has 100 valence electrons. The molecule has 0 saturated carbocycles. The molecule has 2 N–H and O–H groups in total. The fourth-order valence-corrected chi connectivity index (χ4v) is 1.45. The molecule has 0 heterocycles. The molecular weight excluding hydrogens is 250 g/mol. The van der Waals surface area contributed by atoms with Crippen LogP contribution < -0.4 is 10.5 Å². The fourth-order valence-electron chi connectivity index (χ4n) is 1.45. The summed E-state index contributed by atoms with van der Waals surface area (Å²) >= 11 is 0. The van der Waals surface area contributed by atoms with Crippen LogP contribution in [0.25, 0.3) is 0 Å². The normalized spacial score (nSPS) is 13.2. The highest BCUT2D eigenvalue weighted by molar-refractivity contribution is 5.31. The van der Waals surface area contributed by atoms with Crippen LogP contribution in [0.15, 0.2) is 30.4 Å². The predicted octanol–water partition coefficient (Wildman–Crippen LogP) is 3.69. The Bertz CT molecular complexity index is 442. The molecule has 0 amide bonds. The van der Waals surface area contributed by atoms with E-state index in [2.05, 4.69) is 11.3 Å². The van der Waals surface area contributed by atoms with E-state index in [9.17, 15) is 17.6 Å².